The smallest absolute Gasteiger partial charge is 0.271 e. The highest BCUT2D eigenvalue weighted by Crippen LogP contribution is 2.17. The molecule has 0 bridgehead atoms. The SMILES string of the molecule is C/C(CC(=O)NC1CCCCC1)=N\NC(=O)c1ccncc1. The van der Waals surface area contributed by atoms with E-state index in [9.17, 15) is 9.59 Å². The quantitative estimate of drug-likeness (QED) is 0.645. The third kappa shape index (κ3) is 5.27. The second-order valence-corrected chi connectivity index (χ2v) is 5.60. The van der Waals surface area contributed by atoms with Crippen LogP contribution in [-0.4, -0.2) is 28.6 Å². The summed E-state index contributed by atoms with van der Waals surface area (Å²) in [7, 11) is 0. The van der Waals surface area contributed by atoms with Crippen molar-refractivity contribution in [3.63, 3.8) is 0 Å². The Kier molecular flexibility index (Phi) is 6.06. The Balaban J connectivity index is 1.77. The zero-order chi connectivity index (χ0) is 15.8. The zero-order valence-corrected chi connectivity index (χ0v) is 12.8. The van der Waals surface area contributed by atoms with Gasteiger partial charge in [-0.2, -0.15) is 5.10 Å². The molecule has 6 nitrogen and oxygen atoms in total. The van der Waals surface area contributed by atoms with Gasteiger partial charge in [0, 0.05) is 29.7 Å². The van der Waals surface area contributed by atoms with Gasteiger partial charge in [0.1, 0.15) is 0 Å². The average Bonchev–Trinajstić information content (AvgIpc) is 2.54. The molecule has 1 fully saturated rings. The Hall–Kier alpha value is -2.24. The predicted molar refractivity (Wildman–Crippen MR) is 84.4 cm³/mol. The highest BCUT2D eigenvalue weighted by atomic mass is 16.2. The van der Waals surface area contributed by atoms with Crippen LogP contribution in [0.3, 0.4) is 0 Å². The van der Waals surface area contributed by atoms with Gasteiger partial charge in [0.2, 0.25) is 5.91 Å². The fraction of sp³-hybridized carbons (Fsp3) is 0.500. The zero-order valence-electron chi connectivity index (χ0n) is 12.8. The molecule has 0 atom stereocenters. The van der Waals surface area contributed by atoms with Crippen LogP contribution in [0.25, 0.3) is 0 Å². The van der Waals surface area contributed by atoms with Gasteiger partial charge in [-0.1, -0.05) is 19.3 Å². The summed E-state index contributed by atoms with van der Waals surface area (Å²) in [5.74, 6) is -0.347. The van der Waals surface area contributed by atoms with Crippen LogP contribution in [0.5, 0.6) is 0 Å². The number of hydrogen-bond acceptors (Lipinski definition) is 4. The molecule has 0 aromatic carbocycles. The van der Waals surface area contributed by atoms with Crippen molar-refractivity contribution in [2.24, 2.45) is 5.10 Å². The molecule has 0 spiro atoms. The van der Waals surface area contributed by atoms with E-state index in [1.54, 1.807) is 31.5 Å². The Morgan fingerprint density at radius 2 is 1.91 bits per heavy atom. The molecule has 0 saturated heterocycles. The normalized spacial score (nSPS) is 16.1. The molecule has 0 radical (unpaired) electrons. The first-order chi connectivity index (χ1) is 10.6. The van der Waals surface area contributed by atoms with Crippen molar-refractivity contribution >= 4 is 17.5 Å². The Labute approximate surface area is 130 Å². The van der Waals surface area contributed by atoms with Crippen LogP contribution in [0.4, 0.5) is 0 Å². The van der Waals surface area contributed by atoms with Crippen LogP contribution in [0.15, 0.2) is 29.6 Å². The third-order valence-corrected chi connectivity index (χ3v) is 3.68. The van der Waals surface area contributed by atoms with Gasteiger partial charge < -0.3 is 5.32 Å². The lowest BCUT2D eigenvalue weighted by atomic mass is 9.95. The molecule has 2 N–H and O–H groups in total. The van der Waals surface area contributed by atoms with Gasteiger partial charge in [-0.3, -0.25) is 14.6 Å². The van der Waals surface area contributed by atoms with Crippen molar-refractivity contribution in [3.8, 4) is 0 Å². The fourth-order valence-corrected chi connectivity index (χ4v) is 2.51. The molecule has 1 aliphatic rings. The van der Waals surface area contributed by atoms with Crippen molar-refractivity contribution < 1.29 is 9.59 Å². The molecule has 118 valence electrons. The molecule has 0 aliphatic heterocycles. The predicted octanol–water partition coefficient (Wildman–Crippen LogP) is 2.03. The van der Waals surface area contributed by atoms with Gasteiger partial charge in [0.25, 0.3) is 5.91 Å². The summed E-state index contributed by atoms with van der Waals surface area (Å²) in [5.41, 5.74) is 3.51. The molecule has 6 heteroatoms. The van der Waals surface area contributed by atoms with Crippen LogP contribution in [0.2, 0.25) is 0 Å². The van der Waals surface area contributed by atoms with E-state index in [0.29, 0.717) is 17.3 Å². The van der Waals surface area contributed by atoms with Crippen molar-refractivity contribution in [1.82, 2.24) is 15.7 Å². The molecule has 1 aromatic rings. The van der Waals surface area contributed by atoms with E-state index in [-0.39, 0.29) is 18.2 Å². The summed E-state index contributed by atoms with van der Waals surface area (Å²) in [6.45, 7) is 1.73. The monoisotopic (exact) mass is 302 g/mol. The van der Waals surface area contributed by atoms with Gasteiger partial charge in [-0.25, -0.2) is 5.43 Å². The van der Waals surface area contributed by atoms with E-state index in [1.807, 2.05) is 0 Å². The number of pyridine rings is 1. The van der Waals surface area contributed by atoms with E-state index < -0.39 is 0 Å². The summed E-state index contributed by atoms with van der Waals surface area (Å²) in [6.07, 6.45) is 9.02. The van der Waals surface area contributed by atoms with Gasteiger partial charge >= 0.3 is 0 Å². The van der Waals surface area contributed by atoms with E-state index in [2.05, 4.69) is 20.8 Å². The Morgan fingerprint density at radius 1 is 1.23 bits per heavy atom. The molecule has 22 heavy (non-hydrogen) atoms. The lowest BCUT2D eigenvalue weighted by Gasteiger charge is -2.22. The van der Waals surface area contributed by atoms with Crippen molar-refractivity contribution in [2.45, 2.75) is 51.5 Å². The Bertz CT molecular complexity index is 536. The number of hydrazone groups is 1. The number of amides is 2. The largest absolute Gasteiger partial charge is 0.353 e. The molecule has 2 rings (SSSR count). The second-order valence-electron chi connectivity index (χ2n) is 5.60. The van der Waals surface area contributed by atoms with E-state index in [1.165, 1.54) is 19.3 Å². The van der Waals surface area contributed by atoms with Gasteiger partial charge in [-0.05, 0) is 31.9 Å². The maximum absolute atomic E-state index is 11.9. The number of nitrogens with zero attached hydrogens (tertiary/aromatic N) is 2. The third-order valence-electron chi connectivity index (χ3n) is 3.68. The maximum Gasteiger partial charge on any atom is 0.271 e. The Morgan fingerprint density at radius 3 is 2.59 bits per heavy atom. The molecule has 1 heterocycles. The number of hydrogen-bond donors (Lipinski definition) is 2. The standard InChI is InChI=1S/C16H22N4O2/c1-12(11-15(21)18-14-5-3-2-4-6-14)19-20-16(22)13-7-9-17-10-8-13/h7-10,14H,2-6,11H2,1H3,(H,18,21)(H,20,22)/b19-12+. The van der Waals surface area contributed by atoms with Crippen LogP contribution >= 0.6 is 0 Å². The van der Waals surface area contributed by atoms with Crippen molar-refractivity contribution in [2.75, 3.05) is 0 Å². The van der Waals surface area contributed by atoms with Crippen molar-refractivity contribution in [1.29, 1.82) is 0 Å². The van der Waals surface area contributed by atoms with Gasteiger partial charge in [0.05, 0.1) is 6.42 Å². The first kappa shape index (κ1) is 16.1. The first-order valence-corrected chi connectivity index (χ1v) is 7.68. The molecular formula is C16H22N4O2. The second kappa shape index (κ2) is 8.26. The molecule has 0 unspecified atom stereocenters. The van der Waals surface area contributed by atoms with E-state index >= 15 is 0 Å². The van der Waals surface area contributed by atoms with Gasteiger partial charge in [-0.15, -0.1) is 0 Å². The first-order valence-electron chi connectivity index (χ1n) is 7.68. The van der Waals surface area contributed by atoms with Crippen LogP contribution in [-0.2, 0) is 4.79 Å². The molecular weight excluding hydrogens is 280 g/mol. The molecule has 1 aromatic heterocycles. The maximum atomic E-state index is 11.9. The minimum atomic E-state index is -0.311. The van der Waals surface area contributed by atoms with Gasteiger partial charge in [0.15, 0.2) is 0 Å². The molecule has 2 amide bonds. The lowest BCUT2D eigenvalue weighted by molar-refractivity contribution is -0.120. The van der Waals surface area contributed by atoms with Crippen molar-refractivity contribution in [3.05, 3.63) is 30.1 Å². The molecule has 1 aliphatic carbocycles. The van der Waals surface area contributed by atoms with Crippen LogP contribution in [0, 0.1) is 0 Å². The summed E-state index contributed by atoms with van der Waals surface area (Å²) in [6, 6.07) is 3.51. The van der Waals surface area contributed by atoms with E-state index in [4.69, 9.17) is 0 Å². The number of rotatable bonds is 5. The summed E-state index contributed by atoms with van der Waals surface area (Å²) in [4.78, 5) is 27.6. The minimum absolute atomic E-state index is 0.0358. The van der Waals surface area contributed by atoms with E-state index in [0.717, 1.165) is 12.8 Å². The van der Waals surface area contributed by atoms with Crippen LogP contribution in [0.1, 0.15) is 55.8 Å². The lowest BCUT2D eigenvalue weighted by Crippen LogP contribution is -2.37. The summed E-state index contributed by atoms with van der Waals surface area (Å²) < 4.78 is 0. The topological polar surface area (TPSA) is 83.5 Å². The highest BCUT2D eigenvalue weighted by molar-refractivity contribution is 6.01. The number of aromatic nitrogens is 1. The number of carbonyl (C=O) groups is 2. The summed E-state index contributed by atoms with van der Waals surface area (Å²) >= 11 is 0. The molecule has 1 saturated carbocycles. The number of carbonyl (C=O) groups excluding carboxylic acids is 2. The average molecular weight is 302 g/mol. The van der Waals surface area contributed by atoms with Crippen LogP contribution < -0.4 is 10.7 Å². The fourth-order valence-electron chi connectivity index (χ4n) is 2.51. The highest BCUT2D eigenvalue weighted by Gasteiger charge is 2.16. The minimum Gasteiger partial charge on any atom is -0.353 e. The number of nitrogens with one attached hydrogen (secondary N) is 2. The summed E-state index contributed by atoms with van der Waals surface area (Å²) in [5, 5.41) is 7.00.